The molecule has 0 saturated heterocycles. The van der Waals surface area contributed by atoms with Gasteiger partial charge in [0.15, 0.2) is 0 Å². The van der Waals surface area contributed by atoms with Crippen LogP contribution in [0.1, 0.15) is 35.9 Å². The molecule has 0 aliphatic carbocycles. The van der Waals surface area contributed by atoms with Gasteiger partial charge in [0, 0.05) is 11.6 Å². The highest BCUT2D eigenvalue weighted by molar-refractivity contribution is 5.93. The van der Waals surface area contributed by atoms with Crippen molar-refractivity contribution in [3.05, 3.63) is 29.7 Å². The van der Waals surface area contributed by atoms with E-state index in [4.69, 9.17) is 9.15 Å². The van der Waals surface area contributed by atoms with Crippen LogP contribution < -0.4 is 0 Å². The molecule has 1 aromatic rings. The third-order valence-electron chi connectivity index (χ3n) is 2.21. The van der Waals surface area contributed by atoms with Gasteiger partial charge in [0.05, 0.1) is 20.0 Å². The maximum absolute atomic E-state index is 11.3. The zero-order valence-corrected chi connectivity index (χ0v) is 10.5. The van der Waals surface area contributed by atoms with Gasteiger partial charge in [-0.3, -0.25) is 0 Å². The molecule has 0 atom stereocenters. The number of hydrogen-bond acceptors (Lipinski definition) is 5. The lowest BCUT2D eigenvalue weighted by molar-refractivity contribution is -0.137. The fourth-order valence-electron chi connectivity index (χ4n) is 1.23. The summed E-state index contributed by atoms with van der Waals surface area (Å²) in [5.41, 5.74) is 0.481. The van der Waals surface area contributed by atoms with E-state index in [1.54, 1.807) is 6.07 Å². The van der Waals surface area contributed by atoms with Gasteiger partial charge in [-0.15, -0.1) is 0 Å². The number of hydrogen-bond donors (Lipinski definition) is 0. The highest BCUT2D eigenvalue weighted by Crippen LogP contribution is 2.13. The first-order valence-electron chi connectivity index (χ1n) is 5.69. The van der Waals surface area contributed by atoms with Crippen molar-refractivity contribution < 1.29 is 23.5 Å². The van der Waals surface area contributed by atoms with E-state index in [2.05, 4.69) is 4.74 Å². The minimum atomic E-state index is -0.584. The number of rotatable bonds is 6. The minimum absolute atomic E-state index is 0.0649. The molecule has 0 saturated carbocycles. The lowest BCUT2D eigenvalue weighted by atomic mass is 10.2. The standard InChI is InChI=1S/C13H16O5/c1-3-4-8-17-11(14)6-5-10-7-9-18-12(10)13(15)16-2/h5-7,9H,3-4,8H2,1-2H3/b6-5+. The third-order valence-corrected chi connectivity index (χ3v) is 2.21. The molecule has 0 aliphatic rings. The summed E-state index contributed by atoms with van der Waals surface area (Å²) < 4.78 is 14.4. The molecule has 0 bridgehead atoms. The molecule has 0 aromatic carbocycles. The summed E-state index contributed by atoms with van der Waals surface area (Å²) >= 11 is 0. The van der Waals surface area contributed by atoms with E-state index in [1.807, 2.05) is 6.92 Å². The predicted molar refractivity (Wildman–Crippen MR) is 64.9 cm³/mol. The van der Waals surface area contributed by atoms with Gasteiger partial charge in [-0.25, -0.2) is 9.59 Å². The fraction of sp³-hybridized carbons (Fsp3) is 0.385. The maximum atomic E-state index is 11.3. The van der Waals surface area contributed by atoms with E-state index in [9.17, 15) is 9.59 Å². The van der Waals surface area contributed by atoms with Gasteiger partial charge in [0.25, 0.3) is 0 Å². The normalized spacial score (nSPS) is 10.6. The van der Waals surface area contributed by atoms with Gasteiger partial charge in [0.1, 0.15) is 0 Å². The smallest absolute Gasteiger partial charge is 0.374 e. The van der Waals surface area contributed by atoms with Gasteiger partial charge in [0.2, 0.25) is 5.76 Å². The Bertz CT molecular complexity index is 430. The van der Waals surface area contributed by atoms with E-state index in [0.717, 1.165) is 12.8 Å². The molecule has 0 spiro atoms. The molecule has 5 heteroatoms. The van der Waals surface area contributed by atoms with Crippen molar-refractivity contribution in [2.24, 2.45) is 0 Å². The van der Waals surface area contributed by atoms with Gasteiger partial charge >= 0.3 is 11.9 Å². The van der Waals surface area contributed by atoms with Crippen molar-refractivity contribution in [3.8, 4) is 0 Å². The van der Waals surface area contributed by atoms with Crippen molar-refractivity contribution in [1.82, 2.24) is 0 Å². The Morgan fingerprint density at radius 3 is 2.89 bits per heavy atom. The summed E-state index contributed by atoms with van der Waals surface area (Å²) in [7, 11) is 1.26. The lowest BCUT2D eigenvalue weighted by Gasteiger charge is -1.99. The van der Waals surface area contributed by atoms with Crippen molar-refractivity contribution in [2.45, 2.75) is 19.8 Å². The first kappa shape index (κ1) is 14.0. The molecular formula is C13H16O5. The number of unbranched alkanes of at least 4 members (excludes halogenated alkanes) is 1. The first-order chi connectivity index (χ1) is 8.69. The Labute approximate surface area is 105 Å². The second kappa shape index (κ2) is 7.32. The SMILES string of the molecule is CCCCOC(=O)/C=C/c1ccoc1C(=O)OC. The summed E-state index contributed by atoms with van der Waals surface area (Å²) in [5, 5.41) is 0. The molecule has 1 heterocycles. The number of methoxy groups -OCH3 is 1. The average Bonchev–Trinajstić information content (AvgIpc) is 2.84. The Morgan fingerprint density at radius 2 is 2.22 bits per heavy atom. The highest BCUT2D eigenvalue weighted by atomic mass is 16.5. The van der Waals surface area contributed by atoms with Crippen LogP contribution in [0.25, 0.3) is 6.08 Å². The number of carbonyl (C=O) groups excluding carboxylic acids is 2. The summed E-state index contributed by atoms with van der Waals surface area (Å²) in [5.74, 6) is -0.963. The minimum Gasteiger partial charge on any atom is -0.463 e. The number of carbonyl (C=O) groups is 2. The molecule has 0 unspecified atom stereocenters. The van der Waals surface area contributed by atoms with E-state index in [-0.39, 0.29) is 5.76 Å². The Balaban J connectivity index is 2.59. The van der Waals surface area contributed by atoms with Crippen LogP contribution in [0.5, 0.6) is 0 Å². The van der Waals surface area contributed by atoms with E-state index >= 15 is 0 Å². The fourth-order valence-corrected chi connectivity index (χ4v) is 1.23. The molecule has 1 rings (SSSR count). The van der Waals surface area contributed by atoms with E-state index < -0.39 is 11.9 Å². The van der Waals surface area contributed by atoms with Crippen molar-refractivity contribution >= 4 is 18.0 Å². The summed E-state index contributed by atoms with van der Waals surface area (Å²) in [6.45, 7) is 2.41. The second-order valence-electron chi connectivity index (χ2n) is 3.55. The Kier molecular flexibility index (Phi) is 5.70. The monoisotopic (exact) mass is 252 g/mol. The zero-order chi connectivity index (χ0) is 13.4. The number of ether oxygens (including phenoxy) is 2. The molecule has 98 valence electrons. The molecule has 0 N–H and O–H groups in total. The third kappa shape index (κ3) is 4.08. The maximum Gasteiger partial charge on any atom is 0.374 e. The molecule has 0 amide bonds. The van der Waals surface area contributed by atoms with Crippen LogP contribution >= 0.6 is 0 Å². The molecule has 1 aromatic heterocycles. The van der Waals surface area contributed by atoms with Crippen LogP contribution in [0.2, 0.25) is 0 Å². The molecule has 0 radical (unpaired) electrons. The number of esters is 2. The van der Waals surface area contributed by atoms with Gasteiger partial charge in [-0.05, 0) is 18.6 Å². The molecule has 0 fully saturated rings. The molecule has 0 aliphatic heterocycles. The van der Waals surface area contributed by atoms with E-state index in [1.165, 1.54) is 25.5 Å². The summed E-state index contributed by atoms with van der Waals surface area (Å²) in [4.78, 5) is 22.6. The Morgan fingerprint density at radius 1 is 1.44 bits per heavy atom. The van der Waals surface area contributed by atoms with Crippen molar-refractivity contribution in [3.63, 3.8) is 0 Å². The van der Waals surface area contributed by atoms with E-state index in [0.29, 0.717) is 12.2 Å². The highest BCUT2D eigenvalue weighted by Gasteiger charge is 2.13. The summed E-state index contributed by atoms with van der Waals surface area (Å²) in [6.07, 6.45) is 5.87. The van der Waals surface area contributed by atoms with Crippen LogP contribution in [0.15, 0.2) is 22.8 Å². The largest absolute Gasteiger partial charge is 0.463 e. The van der Waals surface area contributed by atoms with Crippen LogP contribution in [0.4, 0.5) is 0 Å². The van der Waals surface area contributed by atoms with Crippen LogP contribution in [0.3, 0.4) is 0 Å². The molecule has 5 nitrogen and oxygen atoms in total. The van der Waals surface area contributed by atoms with Crippen LogP contribution in [-0.4, -0.2) is 25.7 Å². The van der Waals surface area contributed by atoms with Gasteiger partial charge in [-0.2, -0.15) is 0 Å². The predicted octanol–water partition coefficient (Wildman–Crippen LogP) is 2.42. The van der Waals surface area contributed by atoms with Gasteiger partial charge < -0.3 is 13.9 Å². The van der Waals surface area contributed by atoms with Crippen LogP contribution in [-0.2, 0) is 14.3 Å². The Hall–Kier alpha value is -2.04. The van der Waals surface area contributed by atoms with Crippen molar-refractivity contribution in [2.75, 3.05) is 13.7 Å². The zero-order valence-electron chi connectivity index (χ0n) is 10.5. The molecule has 18 heavy (non-hydrogen) atoms. The van der Waals surface area contributed by atoms with Crippen LogP contribution in [0, 0.1) is 0 Å². The lowest BCUT2D eigenvalue weighted by Crippen LogP contribution is -2.03. The average molecular weight is 252 g/mol. The topological polar surface area (TPSA) is 65.7 Å². The quantitative estimate of drug-likeness (QED) is 0.442. The summed E-state index contributed by atoms with van der Waals surface area (Å²) in [6, 6.07) is 1.57. The number of furan rings is 1. The van der Waals surface area contributed by atoms with Gasteiger partial charge in [-0.1, -0.05) is 13.3 Å². The second-order valence-corrected chi connectivity index (χ2v) is 3.55. The first-order valence-corrected chi connectivity index (χ1v) is 5.69. The van der Waals surface area contributed by atoms with Crippen molar-refractivity contribution in [1.29, 1.82) is 0 Å². The molecular weight excluding hydrogens is 236 g/mol.